The lowest BCUT2D eigenvalue weighted by Gasteiger charge is -2.36. The maximum atomic E-state index is 2.87. The fourth-order valence-electron chi connectivity index (χ4n) is 13.3. The average Bonchev–Trinajstić information content (AvgIpc) is 4.15. The van der Waals surface area contributed by atoms with Gasteiger partial charge >= 0.3 is 0 Å². The number of rotatable bonds is 32. The molecule has 3 aromatic heterocycles. The lowest BCUT2D eigenvalue weighted by atomic mass is 9.71. The second-order valence-electron chi connectivity index (χ2n) is 21.1. The first kappa shape index (κ1) is 50.4. The molecule has 0 radical (unpaired) electrons. The van der Waals surface area contributed by atoms with Gasteiger partial charge in [-0.2, -0.15) is 0 Å². The molecule has 0 spiro atoms. The monoisotopic (exact) mass is 937 g/mol. The number of benzene rings is 1. The first-order chi connectivity index (χ1) is 31.4. The molecule has 0 saturated heterocycles. The Morgan fingerprint density at radius 1 is 0.375 bits per heavy atom. The van der Waals surface area contributed by atoms with Gasteiger partial charge in [-0.25, -0.2) is 0 Å². The normalized spacial score (nSPS) is 15.7. The van der Waals surface area contributed by atoms with Crippen LogP contribution in [0, 0.1) is 0 Å². The van der Waals surface area contributed by atoms with Crippen molar-refractivity contribution in [2.24, 2.45) is 0 Å². The molecule has 1 aromatic carbocycles. The zero-order chi connectivity index (χ0) is 45.2. The summed E-state index contributed by atoms with van der Waals surface area (Å²) in [5.41, 5.74) is 10.5. The second kappa shape index (κ2) is 23.7. The Bertz CT molecular complexity index is 2040. The van der Waals surface area contributed by atoms with E-state index >= 15 is 0 Å². The summed E-state index contributed by atoms with van der Waals surface area (Å²) < 4.78 is 0. The average molecular weight is 938 g/mol. The van der Waals surface area contributed by atoms with Crippen LogP contribution in [0.5, 0.6) is 0 Å². The van der Waals surface area contributed by atoms with Crippen molar-refractivity contribution in [1.29, 1.82) is 0 Å². The van der Waals surface area contributed by atoms with Crippen molar-refractivity contribution < 1.29 is 0 Å². The summed E-state index contributed by atoms with van der Waals surface area (Å²) in [7, 11) is -2.04. The van der Waals surface area contributed by atoms with Gasteiger partial charge < -0.3 is 0 Å². The zero-order valence-electron chi connectivity index (χ0n) is 42.7. The van der Waals surface area contributed by atoms with E-state index in [2.05, 4.69) is 114 Å². The van der Waals surface area contributed by atoms with Crippen molar-refractivity contribution >= 4 is 52.5 Å². The van der Waals surface area contributed by atoms with Crippen LogP contribution in [0.4, 0.5) is 0 Å². The standard InChI is InChI=1S/C60H92S3Si/c1-9-17-21-25-29-33-37-45-41-51-54(61-45)47-43-50-48(44-49(47)59(51,13-5)14-6)55-53(60(50,15-7)16-8)58-57(63-55)56-52(42-46(62-56)38-34-30-26-22-18-10-2)64(58,39-35-31-27-23-19-11-3)40-36-32-28-24-20-12-4/h41-44H,9-40H2,1-8H3. The van der Waals surface area contributed by atoms with Crippen LogP contribution in [0.2, 0.25) is 12.1 Å². The minimum absolute atomic E-state index is 0.113. The molecule has 0 unspecified atom stereocenters. The molecule has 4 heterocycles. The Hall–Kier alpha value is -1.46. The van der Waals surface area contributed by atoms with E-state index in [1.807, 2.05) is 15.9 Å². The van der Waals surface area contributed by atoms with Crippen LogP contribution in [-0.4, -0.2) is 8.07 Å². The highest BCUT2D eigenvalue weighted by Crippen LogP contribution is 2.64. The van der Waals surface area contributed by atoms with Gasteiger partial charge in [0.25, 0.3) is 0 Å². The predicted molar refractivity (Wildman–Crippen MR) is 295 cm³/mol. The molecule has 64 heavy (non-hydrogen) atoms. The third-order valence-corrected chi connectivity index (χ3v) is 26.7. The molecule has 1 aliphatic heterocycles. The number of thiophene rings is 3. The van der Waals surface area contributed by atoms with Crippen molar-refractivity contribution in [2.45, 2.75) is 271 Å². The van der Waals surface area contributed by atoms with Gasteiger partial charge in [0.1, 0.15) is 8.07 Å². The van der Waals surface area contributed by atoms with Crippen LogP contribution < -0.4 is 10.4 Å². The van der Waals surface area contributed by atoms with Gasteiger partial charge in [0.05, 0.1) is 0 Å². The van der Waals surface area contributed by atoms with Gasteiger partial charge in [0.2, 0.25) is 0 Å². The number of hydrogen-bond donors (Lipinski definition) is 0. The molecule has 7 rings (SSSR count). The minimum Gasteiger partial charge on any atom is -0.140 e. The Morgan fingerprint density at radius 2 is 0.797 bits per heavy atom. The molecule has 354 valence electrons. The van der Waals surface area contributed by atoms with E-state index in [9.17, 15) is 0 Å². The molecule has 0 saturated carbocycles. The van der Waals surface area contributed by atoms with Crippen LogP contribution in [0.1, 0.15) is 267 Å². The van der Waals surface area contributed by atoms with Crippen LogP contribution in [-0.2, 0) is 23.7 Å². The topological polar surface area (TPSA) is 0 Å². The van der Waals surface area contributed by atoms with Crippen LogP contribution >= 0.6 is 34.0 Å². The van der Waals surface area contributed by atoms with Gasteiger partial charge in [-0.05, 0) is 131 Å². The first-order valence-electron chi connectivity index (χ1n) is 28.0. The van der Waals surface area contributed by atoms with Gasteiger partial charge in [0.15, 0.2) is 0 Å². The largest absolute Gasteiger partial charge is 0.140 e. The molecule has 2 aliphatic carbocycles. The Morgan fingerprint density at radius 3 is 1.30 bits per heavy atom. The summed E-state index contributed by atoms with van der Waals surface area (Å²) in [5, 5.41) is 3.90. The summed E-state index contributed by atoms with van der Waals surface area (Å²) in [5.74, 6) is 0. The second-order valence-corrected chi connectivity index (χ2v) is 28.6. The summed E-state index contributed by atoms with van der Waals surface area (Å²) in [6.07, 6.45) is 40.9. The lowest BCUT2D eigenvalue weighted by molar-refractivity contribution is 0.486. The van der Waals surface area contributed by atoms with E-state index in [-0.39, 0.29) is 10.8 Å². The number of aryl methyl sites for hydroxylation is 2. The Kier molecular flexibility index (Phi) is 18.7. The molecule has 0 atom stereocenters. The molecule has 4 heteroatoms. The van der Waals surface area contributed by atoms with Crippen molar-refractivity contribution in [3.8, 4) is 30.6 Å². The van der Waals surface area contributed by atoms with Gasteiger partial charge in [-0.15, -0.1) is 34.0 Å². The highest BCUT2D eigenvalue weighted by molar-refractivity contribution is 7.31. The van der Waals surface area contributed by atoms with Gasteiger partial charge in [0, 0.05) is 40.1 Å². The molecular weight excluding hydrogens is 845 g/mol. The van der Waals surface area contributed by atoms with E-state index < -0.39 is 8.07 Å². The van der Waals surface area contributed by atoms with E-state index in [1.165, 1.54) is 205 Å². The summed E-state index contributed by atoms with van der Waals surface area (Å²) in [4.78, 5) is 10.3. The van der Waals surface area contributed by atoms with Gasteiger partial charge in [-0.3, -0.25) is 0 Å². The number of unbranched alkanes of at least 4 members (excludes halogenated alkanes) is 20. The van der Waals surface area contributed by atoms with Crippen molar-refractivity contribution in [3.05, 3.63) is 56.3 Å². The third-order valence-electron chi connectivity index (χ3n) is 17.2. The van der Waals surface area contributed by atoms with E-state index in [1.54, 1.807) is 57.1 Å². The summed E-state index contributed by atoms with van der Waals surface area (Å²) >= 11 is 6.74. The molecule has 0 fully saturated rings. The highest BCUT2D eigenvalue weighted by Gasteiger charge is 2.56. The van der Waals surface area contributed by atoms with Crippen LogP contribution in [0.3, 0.4) is 0 Å². The first-order valence-corrected chi connectivity index (χ1v) is 32.9. The summed E-state index contributed by atoms with van der Waals surface area (Å²) in [6, 6.07) is 14.2. The van der Waals surface area contributed by atoms with Crippen LogP contribution in [0.15, 0.2) is 24.3 Å². The molecular formula is C60H92S3Si. The predicted octanol–water partition coefficient (Wildman–Crippen LogP) is 20.1. The molecule has 3 aliphatic rings. The lowest BCUT2D eigenvalue weighted by Crippen LogP contribution is -2.57. The molecule has 0 N–H and O–H groups in total. The van der Waals surface area contributed by atoms with Gasteiger partial charge in [-0.1, -0.05) is 197 Å². The van der Waals surface area contributed by atoms with E-state index in [4.69, 9.17) is 0 Å². The Balaban J connectivity index is 1.32. The summed E-state index contributed by atoms with van der Waals surface area (Å²) in [6.45, 7) is 19.6. The molecule has 0 amide bonds. The third kappa shape index (κ3) is 9.73. The molecule has 0 bridgehead atoms. The smallest absolute Gasteiger partial charge is 0.122 e. The fraction of sp³-hybridized carbons (Fsp3) is 0.700. The Labute approximate surface area is 407 Å². The molecule has 0 nitrogen and oxygen atoms in total. The molecule has 4 aromatic rings. The number of fused-ring (bicyclic) bond motifs is 10. The quantitative estimate of drug-likeness (QED) is 0.0338. The SMILES string of the molecule is CCCCCCCCc1cc2c(s1)-c1cc3c(cc1C2(CC)CC)-c1sc2c(c1C3(CC)CC)[Si](CCCCCCCC)(CCCCCCCC)c1cc(CCCCCCCC)sc1-2. The van der Waals surface area contributed by atoms with Crippen LogP contribution in [0.25, 0.3) is 30.6 Å². The van der Waals surface area contributed by atoms with E-state index in [0.717, 1.165) is 0 Å². The zero-order valence-corrected chi connectivity index (χ0v) is 46.1. The van der Waals surface area contributed by atoms with Crippen molar-refractivity contribution in [1.82, 2.24) is 0 Å². The number of hydrogen-bond acceptors (Lipinski definition) is 3. The van der Waals surface area contributed by atoms with Crippen molar-refractivity contribution in [3.63, 3.8) is 0 Å². The minimum atomic E-state index is -2.04. The highest BCUT2D eigenvalue weighted by atomic mass is 32.1. The maximum absolute atomic E-state index is 2.87. The fourth-order valence-corrected chi connectivity index (χ4v) is 24.7. The van der Waals surface area contributed by atoms with E-state index in [0.29, 0.717) is 0 Å². The maximum Gasteiger partial charge on any atom is 0.122 e. The van der Waals surface area contributed by atoms with Crippen molar-refractivity contribution in [2.75, 3.05) is 0 Å².